The first kappa shape index (κ1) is 14.8. The molecule has 1 heterocycles. The fourth-order valence-electron chi connectivity index (χ4n) is 1.94. The molecule has 0 fully saturated rings. The summed E-state index contributed by atoms with van der Waals surface area (Å²) in [7, 11) is 0. The third-order valence-electron chi connectivity index (χ3n) is 2.74. The Kier molecular flexibility index (Phi) is 4.24. The molecule has 0 radical (unpaired) electrons. The third-order valence-corrected chi connectivity index (χ3v) is 2.74. The molecule has 1 aromatic carbocycles. The molecule has 1 atom stereocenters. The summed E-state index contributed by atoms with van der Waals surface area (Å²) in [4.78, 5) is 11.5. The van der Waals surface area contributed by atoms with Gasteiger partial charge in [-0.25, -0.2) is 0 Å². The van der Waals surface area contributed by atoms with Gasteiger partial charge in [-0.2, -0.15) is 0 Å². The molecule has 5 heteroatoms. The zero-order valence-electron chi connectivity index (χ0n) is 10.8. The first-order chi connectivity index (χ1) is 7.87. The monoisotopic (exact) mass is 270 g/mol. The van der Waals surface area contributed by atoms with E-state index >= 15 is 0 Å². The van der Waals surface area contributed by atoms with Crippen LogP contribution in [-0.4, -0.2) is 17.6 Å². The highest BCUT2D eigenvalue weighted by molar-refractivity contribution is 5.94. The number of ether oxygens (including phenoxy) is 1. The molecule has 0 saturated carbocycles. The molecule has 0 bridgehead atoms. The Balaban J connectivity index is 0.00000162. The van der Waals surface area contributed by atoms with E-state index in [9.17, 15) is 4.79 Å². The zero-order valence-corrected chi connectivity index (χ0v) is 11.6. The van der Waals surface area contributed by atoms with E-state index in [4.69, 9.17) is 10.5 Å². The minimum absolute atomic E-state index is 0. The maximum Gasteiger partial charge on any atom is 0.240 e. The zero-order chi connectivity index (χ0) is 12.6. The van der Waals surface area contributed by atoms with E-state index in [1.807, 2.05) is 32.0 Å². The predicted molar refractivity (Wildman–Crippen MR) is 74.4 cm³/mol. The van der Waals surface area contributed by atoms with Crippen molar-refractivity contribution in [3.8, 4) is 5.75 Å². The summed E-state index contributed by atoms with van der Waals surface area (Å²) in [6, 6.07) is 5.17. The minimum Gasteiger partial charge on any atom is -0.487 e. The van der Waals surface area contributed by atoms with Crippen LogP contribution in [-0.2, 0) is 11.2 Å². The van der Waals surface area contributed by atoms with Crippen LogP contribution in [0.3, 0.4) is 0 Å². The Morgan fingerprint density at radius 1 is 1.50 bits per heavy atom. The van der Waals surface area contributed by atoms with E-state index in [0.717, 1.165) is 23.4 Å². The van der Waals surface area contributed by atoms with Crippen LogP contribution < -0.4 is 15.8 Å². The lowest BCUT2D eigenvalue weighted by Crippen LogP contribution is -2.32. The van der Waals surface area contributed by atoms with E-state index in [0.29, 0.717) is 0 Å². The van der Waals surface area contributed by atoms with E-state index in [1.54, 1.807) is 6.92 Å². The fourth-order valence-corrected chi connectivity index (χ4v) is 1.94. The smallest absolute Gasteiger partial charge is 0.240 e. The average molecular weight is 271 g/mol. The van der Waals surface area contributed by atoms with Crippen LogP contribution in [0.5, 0.6) is 5.75 Å². The summed E-state index contributed by atoms with van der Waals surface area (Å²) in [6.45, 7) is 5.76. The number of carbonyl (C=O) groups is 1. The molecule has 100 valence electrons. The van der Waals surface area contributed by atoms with E-state index < -0.39 is 6.04 Å². The van der Waals surface area contributed by atoms with Crippen LogP contribution in [0.15, 0.2) is 18.2 Å². The lowest BCUT2D eigenvalue weighted by molar-refractivity contribution is -0.117. The molecular weight excluding hydrogens is 252 g/mol. The number of hydrogen-bond acceptors (Lipinski definition) is 3. The van der Waals surface area contributed by atoms with Gasteiger partial charge in [-0.15, -0.1) is 12.4 Å². The van der Waals surface area contributed by atoms with Gasteiger partial charge in [0.25, 0.3) is 0 Å². The summed E-state index contributed by atoms with van der Waals surface area (Å²) in [5, 5.41) is 2.78. The van der Waals surface area contributed by atoms with Crippen LogP contribution in [0, 0.1) is 0 Å². The van der Waals surface area contributed by atoms with Gasteiger partial charge in [0.1, 0.15) is 11.4 Å². The van der Waals surface area contributed by atoms with Crippen LogP contribution in [0.25, 0.3) is 0 Å². The number of halogens is 1. The van der Waals surface area contributed by atoms with Crippen molar-refractivity contribution in [2.75, 3.05) is 5.32 Å². The average Bonchev–Trinajstić information content (AvgIpc) is 2.50. The number of amides is 1. The van der Waals surface area contributed by atoms with E-state index in [-0.39, 0.29) is 23.9 Å². The number of carbonyl (C=O) groups excluding carboxylic acids is 1. The quantitative estimate of drug-likeness (QED) is 0.865. The Bertz CT molecular complexity index is 458. The number of benzene rings is 1. The second-order valence-corrected chi connectivity index (χ2v) is 5.14. The first-order valence-electron chi connectivity index (χ1n) is 5.76. The molecule has 2 rings (SSSR count). The Morgan fingerprint density at radius 3 is 2.78 bits per heavy atom. The standard InChI is InChI=1S/C13H18N2O2.ClH/c1-8(14)12(16)15-10-4-5-11-9(6-10)7-13(2,3)17-11;/h4-6,8H,7,14H2,1-3H3,(H,15,16);1H/t8-;/m1./s1. The minimum atomic E-state index is -0.504. The summed E-state index contributed by atoms with van der Waals surface area (Å²) in [6.07, 6.45) is 0.851. The van der Waals surface area contributed by atoms with Gasteiger partial charge in [-0.1, -0.05) is 0 Å². The van der Waals surface area contributed by atoms with E-state index in [2.05, 4.69) is 5.32 Å². The molecular formula is C13H19ClN2O2. The molecule has 1 aliphatic rings. The highest BCUT2D eigenvalue weighted by Gasteiger charge is 2.30. The van der Waals surface area contributed by atoms with Crippen molar-refractivity contribution in [3.63, 3.8) is 0 Å². The Hall–Kier alpha value is -1.26. The van der Waals surface area contributed by atoms with E-state index in [1.165, 1.54) is 0 Å². The van der Waals surface area contributed by atoms with Crippen molar-refractivity contribution in [3.05, 3.63) is 23.8 Å². The van der Waals surface area contributed by atoms with Gasteiger partial charge in [-0.3, -0.25) is 4.79 Å². The van der Waals surface area contributed by atoms with Gasteiger partial charge >= 0.3 is 0 Å². The molecule has 1 amide bonds. The molecule has 0 aliphatic carbocycles. The Labute approximate surface area is 113 Å². The molecule has 0 spiro atoms. The summed E-state index contributed by atoms with van der Waals surface area (Å²) in [5.74, 6) is 0.719. The van der Waals surface area contributed by atoms with Gasteiger partial charge in [0, 0.05) is 17.7 Å². The van der Waals surface area contributed by atoms with Crippen LogP contribution >= 0.6 is 12.4 Å². The van der Waals surface area contributed by atoms with Crippen molar-refractivity contribution < 1.29 is 9.53 Å². The van der Waals surface area contributed by atoms with Gasteiger partial charge < -0.3 is 15.8 Å². The number of hydrogen-bond donors (Lipinski definition) is 2. The second-order valence-electron chi connectivity index (χ2n) is 5.14. The van der Waals surface area contributed by atoms with Crippen LogP contribution in [0.1, 0.15) is 26.3 Å². The largest absolute Gasteiger partial charge is 0.487 e. The van der Waals surface area contributed by atoms with Gasteiger partial charge in [-0.05, 0) is 39.0 Å². The fraction of sp³-hybridized carbons (Fsp3) is 0.462. The number of anilines is 1. The third kappa shape index (κ3) is 3.15. The molecule has 0 saturated heterocycles. The summed E-state index contributed by atoms with van der Waals surface area (Å²) >= 11 is 0. The Morgan fingerprint density at radius 2 is 2.17 bits per heavy atom. The normalized spacial score (nSPS) is 17.1. The van der Waals surface area contributed by atoms with Crippen molar-refractivity contribution in [1.82, 2.24) is 0 Å². The maximum atomic E-state index is 11.5. The van der Waals surface area contributed by atoms with Gasteiger partial charge in [0.2, 0.25) is 5.91 Å². The highest BCUT2D eigenvalue weighted by atomic mass is 35.5. The SMILES string of the molecule is C[C@@H](N)C(=O)Nc1ccc2c(c1)CC(C)(C)O2.Cl. The molecule has 3 N–H and O–H groups in total. The highest BCUT2D eigenvalue weighted by Crippen LogP contribution is 2.36. The number of fused-ring (bicyclic) bond motifs is 1. The van der Waals surface area contributed by atoms with Crippen LogP contribution in [0.2, 0.25) is 0 Å². The number of nitrogens with one attached hydrogen (secondary N) is 1. The molecule has 1 aliphatic heterocycles. The maximum absolute atomic E-state index is 11.5. The lowest BCUT2D eigenvalue weighted by atomic mass is 10.0. The first-order valence-corrected chi connectivity index (χ1v) is 5.76. The second kappa shape index (κ2) is 5.16. The van der Waals surface area contributed by atoms with Crippen molar-refractivity contribution in [2.24, 2.45) is 5.73 Å². The van der Waals surface area contributed by atoms with Gasteiger partial charge in [0.05, 0.1) is 6.04 Å². The molecule has 0 aromatic heterocycles. The molecule has 18 heavy (non-hydrogen) atoms. The van der Waals surface area contributed by atoms with Crippen molar-refractivity contribution >= 4 is 24.0 Å². The predicted octanol–water partition coefficient (Wildman–Crippen LogP) is 2.11. The van der Waals surface area contributed by atoms with Gasteiger partial charge in [0.15, 0.2) is 0 Å². The molecule has 0 unspecified atom stereocenters. The van der Waals surface area contributed by atoms with Crippen molar-refractivity contribution in [2.45, 2.75) is 38.8 Å². The topological polar surface area (TPSA) is 64.4 Å². The summed E-state index contributed by atoms with van der Waals surface area (Å²) in [5.41, 5.74) is 7.24. The summed E-state index contributed by atoms with van der Waals surface area (Å²) < 4.78 is 5.76. The number of rotatable bonds is 2. The molecule has 1 aromatic rings. The lowest BCUT2D eigenvalue weighted by Gasteiger charge is -2.16. The molecule has 4 nitrogen and oxygen atoms in total. The van der Waals surface area contributed by atoms with Crippen LogP contribution in [0.4, 0.5) is 5.69 Å². The van der Waals surface area contributed by atoms with Crippen molar-refractivity contribution in [1.29, 1.82) is 0 Å². The number of nitrogens with two attached hydrogens (primary N) is 1.